The molecule has 0 saturated carbocycles. The van der Waals surface area contributed by atoms with Crippen molar-refractivity contribution < 1.29 is 13.3 Å². The number of hydrogen-bond acceptors (Lipinski definition) is 3. The van der Waals surface area contributed by atoms with E-state index in [9.17, 15) is 0 Å². The van der Waals surface area contributed by atoms with Crippen molar-refractivity contribution >= 4 is 130 Å². The van der Waals surface area contributed by atoms with E-state index in [0.29, 0.717) is 0 Å². The summed E-state index contributed by atoms with van der Waals surface area (Å²) in [4.78, 5) is 0. The first kappa shape index (κ1) is 40.6. The minimum absolute atomic E-state index is 0.859. The molecule has 0 spiro atoms. The van der Waals surface area contributed by atoms with Crippen molar-refractivity contribution in [1.82, 2.24) is 0 Å². The first-order chi connectivity index (χ1) is 37.2. The van der Waals surface area contributed by atoms with E-state index >= 15 is 0 Å². The van der Waals surface area contributed by atoms with Crippen molar-refractivity contribution in [3.63, 3.8) is 0 Å². The monoisotopic (exact) mass is 952 g/mol. The summed E-state index contributed by atoms with van der Waals surface area (Å²) < 4.78 is 19.8. The Bertz CT molecular complexity index is 5200. The smallest absolute Gasteiger partial charge is 0.136 e. The fraction of sp³-hybridized carbons (Fsp3) is 0. The average molecular weight is 953 g/mol. The summed E-state index contributed by atoms with van der Waals surface area (Å²) in [6.45, 7) is 0. The fourth-order valence-electron chi connectivity index (χ4n) is 13.1. The molecule has 3 heteroatoms. The second kappa shape index (κ2) is 15.3. The molecule has 0 radical (unpaired) electrons. The summed E-state index contributed by atoms with van der Waals surface area (Å²) in [5.74, 6) is 0. The van der Waals surface area contributed by atoms with Gasteiger partial charge >= 0.3 is 0 Å². The molecule has 0 fully saturated rings. The predicted molar refractivity (Wildman–Crippen MR) is 315 cm³/mol. The van der Waals surface area contributed by atoms with E-state index in [0.717, 1.165) is 88.1 Å². The van der Waals surface area contributed by atoms with E-state index in [1.165, 1.54) is 86.9 Å². The zero-order chi connectivity index (χ0) is 48.9. The van der Waals surface area contributed by atoms with Crippen molar-refractivity contribution in [2.24, 2.45) is 0 Å². The summed E-state index contributed by atoms with van der Waals surface area (Å²) >= 11 is 0. The quantitative estimate of drug-likeness (QED) is 0.165. The molecule has 14 aromatic carbocycles. The van der Waals surface area contributed by atoms with E-state index < -0.39 is 0 Å². The van der Waals surface area contributed by atoms with Gasteiger partial charge in [0.15, 0.2) is 0 Å². The van der Waals surface area contributed by atoms with Gasteiger partial charge in [-0.3, -0.25) is 0 Å². The van der Waals surface area contributed by atoms with E-state index in [1.807, 2.05) is 0 Å². The molecule has 0 saturated heterocycles. The Kier molecular flexibility index (Phi) is 8.28. The Balaban J connectivity index is 0.884. The van der Waals surface area contributed by atoms with Gasteiger partial charge in [-0.25, -0.2) is 0 Å². The Morgan fingerprint density at radius 2 is 0.493 bits per heavy atom. The van der Waals surface area contributed by atoms with Crippen LogP contribution in [0, 0.1) is 0 Å². The number of hydrogen-bond donors (Lipinski definition) is 0. The van der Waals surface area contributed by atoms with Crippen LogP contribution < -0.4 is 0 Å². The van der Waals surface area contributed by atoms with Gasteiger partial charge in [0.1, 0.15) is 33.5 Å². The van der Waals surface area contributed by atoms with Crippen LogP contribution in [0.5, 0.6) is 0 Å². The zero-order valence-corrected chi connectivity index (χ0v) is 40.3. The summed E-state index contributed by atoms with van der Waals surface area (Å²) in [5.41, 5.74) is 14.7. The topological polar surface area (TPSA) is 39.4 Å². The van der Waals surface area contributed by atoms with E-state index in [1.54, 1.807) is 0 Å². The molecule has 17 aromatic rings. The van der Waals surface area contributed by atoms with Gasteiger partial charge in [0.05, 0.1) is 0 Å². The third kappa shape index (κ3) is 5.75. The minimum atomic E-state index is 0.859. The highest BCUT2D eigenvalue weighted by Crippen LogP contribution is 2.50. The predicted octanol–water partition coefficient (Wildman–Crippen LogP) is 21.0. The highest BCUT2D eigenvalue weighted by molar-refractivity contribution is 6.29. The van der Waals surface area contributed by atoms with Crippen LogP contribution in [0.4, 0.5) is 0 Å². The van der Waals surface area contributed by atoms with Gasteiger partial charge in [0, 0.05) is 32.3 Å². The van der Waals surface area contributed by atoms with Crippen molar-refractivity contribution in [3.8, 4) is 44.5 Å². The van der Waals surface area contributed by atoms with Crippen molar-refractivity contribution in [3.05, 3.63) is 243 Å². The zero-order valence-electron chi connectivity index (χ0n) is 40.3. The summed E-state index contributed by atoms with van der Waals surface area (Å²) in [7, 11) is 0. The molecule has 3 aromatic heterocycles. The van der Waals surface area contributed by atoms with Crippen LogP contribution in [0.2, 0.25) is 0 Å². The molecule has 0 amide bonds. The first-order valence-corrected chi connectivity index (χ1v) is 25.7. The second-order valence-corrected chi connectivity index (χ2v) is 20.1. The van der Waals surface area contributed by atoms with Gasteiger partial charge in [0.25, 0.3) is 0 Å². The number of fused-ring (bicyclic) bond motifs is 17. The molecule has 0 aliphatic carbocycles. The normalized spacial score (nSPS) is 12.3. The Labute approximate surface area is 428 Å². The molecule has 0 bridgehead atoms. The standard InChI is InChI=1S/C72H40O3/c1-3-16-46-41(14-1)28-36-64-70(46)57-38-43(30-33-60(57)74-64)66-48-18-5-7-20-50(48)67(51-21-8-6-19-49(51)66)45-32-35-62-59(40-45)72-56(26-13-27-63(72)73-62)69-54-24-11-9-22-52(54)68(53-23-10-12-25-55(53)69)44-31-34-61-58(39-44)71-47-17-4-2-15-42(47)29-37-65(71)75-61/h1-40H. The number of rotatable bonds is 4. The highest BCUT2D eigenvalue weighted by Gasteiger charge is 2.24. The first-order valence-electron chi connectivity index (χ1n) is 25.7. The molecule has 17 rings (SSSR count). The third-order valence-corrected chi connectivity index (χ3v) is 16.2. The van der Waals surface area contributed by atoms with Crippen LogP contribution >= 0.6 is 0 Å². The van der Waals surface area contributed by atoms with Crippen molar-refractivity contribution in [2.45, 2.75) is 0 Å². The van der Waals surface area contributed by atoms with Crippen LogP contribution in [0.1, 0.15) is 0 Å². The molecule has 3 nitrogen and oxygen atoms in total. The lowest BCUT2D eigenvalue weighted by molar-refractivity contribution is 0.668. The van der Waals surface area contributed by atoms with Gasteiger partial charge < -0.3 is 13.3 Å². The summed E-state index contributed by atoms with van der Waals surface area (Å²) in [6.07, 6.45) is 0. The SMILES string of the molecule is c1ccc2c(c1)ccc1oc3ccc(-c4c5ccccc5c(-c5ccc6oc7cccc(-c8c9ccccc9c(-c9ccc%10oc%11ccc%12ccccc%12c%11c%10c9)c9ccccc89)c7c6c5)c5ccccc45)cc3c12. The number of benzene rings is 14. The lowest BCUT2D eigenvalue weighted by atomic mass is 9.84. The maximum absolute atomic E-state index is 6.84. The second-order valence-electron chi connectivity index (χ2n) is 20.1. The molecule has 0 aliphatic heterocycles. The molecule has 0 unspecified atom stereocenters. The molecule has 0 atom stereocenters. The maximum atomic E-state index is 6.84. The number of furan rings is 3. The van der Waals surface area contributed by atoms with Crippen LogP contribution in [-0.2, 0) is 0 Å². The maximum Gasteiger partial charge on any atom is 0.136 e. The summed E-state index contributed by atoms with van der Waals surface area (Å²) in [6, 6.07) is 88.2. The Hall–Kier alpha value is -9.96. The Morgan fingerprint density at radius 3 is 0.880 bits per heavy atom. The molecule has 3 heterocycles. The van der Waals surface area contributed by atoms with Crippen molar-refractivity contribution in [1.29, 1.82) is 0 Å². The third-order valence-electron chi connectivity index (χ3n) is 16.2. The van der Waals surface area contributed by atoms with Gasteiger partial charge in [-0.15, -0.1) is 0 Å². The lowest BCUT2D eigenvalue weighted by Crippen LogP contribution is -1.92. The molecule has 0 aliphatic rings. The van der Waals surface area contributed by atoms with E-state index in [-0.39, 0.29) is 0 Å². The summed E-state index contributed by atoms with van der Waals surface area (Å²) in [5, 5.41) is 21.1. The largest absolute Gasteiger partial charge is 0.456 e. The van der Waals surface area contributed by atoms with Crippen LogP contribution in [0.3, 0.4) is 0 Å². The van der Waals surface area contributed by atoms with Gasteiger partial charge in [0.2, 0.25) is 0 Å². The Morgan fingerprint density at radius 1 is 0.187 bits per heavy atom. The minimum Gasteiger partial charge on any atom is -0.456 e. The van der Waals surface area contributed by atoms with Crippen molar-refractivity contribution in [2.75, 3.05) is 0 Å². The van der Waals surface area contributed by atoms with E-state index in [4.69, 9.17) is 13.3 Å². The highest BCUT2D eigenvalue weighted by atomic mass is 16.3. The molecular formula is C72H40O3. The molecular weight excluding hydrogens is 913 g/mol. The molecule has 75 heavy (non-hydrogen) atoms. The molecule has 0 N–H and O–H groups in total. The van der Waals surface area contributed by atoms with Gasteiger partial charge in [-0.2, -0.15) is 0 Å². The van der Waals surface area contributed by atoms with Crippen LogP contribution in [0.15, 0.2) is 256 Å². The van der Waals surface area contributed by atoms with E-state index in [2.05, 4.69) is 243 Å². The van der Waals surface area contributed by atoms with Gasteiger partial charge in [-0.1, -0.05) is 188 Å². The molecule has 346 valence electrons. The lowest BCUT2D eigenvalue weighted by Gasteiger charge is -2.18. The fourth-order valence-corrected chi connectivity index (χ4v) is 13.1. The van der Waals surface area contributed by atoms with Crippen LogP contribution in [0.25, 0.3) is 175 Å². The average Bonchev–Trinajstić information content (AvgIpc) is 4.18. The van der Waals surface area contributed by atoms with Crippen LogP contribution in [-0.4, -0.2) is 0 Å². The van der Waals surface area contributed by atoms with Gasteiger partial charge in [-0.05, 0) is 164 Å².